The van der Waals surface area contributed by atoms with Crippen LogP contribution in [0.5, 0.6) is 0 Å². The zero-order chi connectivity index (χ0) is 16.6. The summed E-state index contributed by atoms with van der Waals surface area (Å²) in [5, 5.41) is 6.62. The monoisotopic (exact) mass is 314 g/mol. The minimum Gasteiger partial charge on any atom is -0.444 e. The highest BCUT2D eigenvalue weighted by atomic mass is 16.6. The van der Waals surface area contributed by atoms with Gasteiger partial charge in [0.25, 0.3) is 0 Å². The number of hydrogen-bond donors (Lipinski definition) is 2. The van der Waals surface area contributed by atoms with Gasteiger partial charge >= 0.3 is 6.09 Å². The van der Waals surface area contributed by atoms with Crippen LogP contribution in [0.3, 0.4) is 0 Å². The zero-order valence-corrected chi connectivity index (χ0v) is 15.0. The van der Waals surface area contributed by atoms with Crippen molar-refractivity contribution in [1.29, 1.82) is 0 Å². The van der Waals surface area contributed by atoms with Gasteiger partial charge in [-0.1, -0.05) is 13.8 Å². The van der Waals surface area contributed by atoms with E-state index in [2.05, 4.69) is 24.5 Å². The summed E-state index contributed by atoms with van der Waals surface area (Å²) < 4.78 is 10.8. The Morgan fingerprint density at radius 1 is 1.18 bits per heavy atom. The van der Waals surface area contributed by atoms with Crippen LogP contribution in [0, 0.1) is 5.92 Å². The van der Waals surface area contributed by atoms with Gasteiger partial charge in [0.05, 0.1) is 5.54 Å². The van der Waals surface area contributed by atoms with Crippen molar-refractivity contribution in [3.05, 3.63) is 0 Å². The second-order valence-electron chi connectivity index (χ2n) is 7.30. The molecule has 1 heterocycles. The van der Waals surface area contributed by atoms with Gasteiger partial charge in [0.2, 0.25) is 0 Å². The molecule has 1 amide bonds. The number of carbonyl (C=O) groups excluding carboxylic acids is 1. The summed E-state index contributed by atoms with van der Waals surface area (Å²) >= 11 is 0. The molecule has 0 radical (unpaired) electrons. The number of alkyl carbamates (subject to hydrolysis) is 1. The van der Waals surface area contributed by atoms with E-state index in [0.29, 0.717) is 5.92 Å². The molecule has 0 bridgehead atoms. The second kappa shape index (κ2) is 8.73. The number of carbonyl (C=O) groups is 1. The Kier molecular flexibility index (Phi) is 7.63. The van der Waals surface area contributed by atoms with E-state index in [-0.39, 0.29) is 11.6 Å². The lowest BCUT2D eigenvalue weighted by Gasteiger charge is -2.35. The fraction of sp³-hybridized carbons (Fsp3) is 0.941. The van der Waals surface area contributed by atoms with Gasteiger partial charge in [0.1, 0.15) is 5.60 Å². The average molecular weight is 314 g/mol. The van der Waals surface area contributed by atoms with Crippen LogP contribution in [0.4, 0.5) is 4.79 Å². The summed E-state index contributed by atoms with van der Waals surface area (Å²) in [5.41, 5.74) is -0.708. The van der Waals surface area contributed by atoms with Crippen LogP contribution < -0.4 is 10.6 Å². The van der Waals surface area contributed by atoms with Gasteiger partial charge in [-0.15, -0.1) is 0 Å². The van der Waals surface area contributed by atoms with E-state index in [1.54, 1.807) is 0 Å². The maximum Gasteiger partial charge on any atom is 0.408 e. The highest BCUT2D eigenvalue weighted by Crippen LogP contribution is 2.18. The van der Waals surface area contributed by atoms with Crippen molar-refractivity contribution < 1.29 is 14.3 Å². The highest BCUT2D eigenvalue weighted by Gasteiger charge is 2.30. The van der Waals surface area contributed by atoms with Crippen LogP contribution >= 0.6 is 0 Å². The summed E-state index contributed by atoms with van der Waals surface area (Å²) in [6.07, 6.45) is 3.67. The number of amides is 1. The predicted molar refractivity (Wildman–Crippen MR) is 89.1 cm³/mol. The van der Waals surface area contributed by atoms with Gasteiger partial charge in [0.15, 0.2) is 0 Å². The van der Waals surface area contributed by atoms with Crippen molar-refractivity contribution in [2.45, 2.75) is 71.4 Å². The summed E-state index contributed by atoms with van der Waals surface area (Å²) in [7, 11) is 0. The molecule has 1 fully saturated rings. The molecular formula is C17H34N2O3. The number of hydrogen-bond acceptors (Lipinski definition) is 4. The highest BCUT2D eigenvalue weighted by molar-refractivity contribution is 5.68. The molecule has 0 aliphatic carbocycles. The first-order chi connectivity index (χ1) is 10.3. The predicted octanol–water partition coefficient (Wildman–Crippen LogP) is 3.09. The van der Waals surface area contributed by atoms with E-state index in [1.807, 2.05) is 20.8 Å². The summed E-state index contributed by atoms with van der Waals surface area (Å²) in [6.45, 7) is 13.4. The third kappa shape index (κ3) is 6.97. The standard InChI is InChI=1S/C17H34N2O3/c1-6-17(7-2,19-15(20)22-16(3,4)5)13-18-12-14-8-10-21-11-9-14/h14,18H,6-13H2,1-5H3,(H,19,20). The van der Waals surface area contributed by atoms with Crippen LogP contribution in [-0.4, -0.2) is 43.5 Å². The fourth-order valence-corrected chi connectivity index (χ4v) is 2.71. The van der Waals surface area contributed by atoms with E-state index in [9.17, 15) is 4.79 Å². The molecule has 5 nitrogen and oxygen atoms in total. The Balaban J connectivity index is 2.45. The molecular weight excluding hydrogens is 280 g/mol. The van der Waals surface area contributed by atoms with Crippen LogP contribution in [0.15, 0.2) is 0 Å². The fourth-order valence-electron chi connectivity index (χ4n) is 2.71. The van der Waals surface area contributed by atoms with Crippen LogP contribution in [0.1, 0.15) is 60.3 Å². The minimum absolute atomic E-state index is 0.243. The van der Waals surface area contributed by atoms with Gasteiger partial charge in [0, 0.05) is 19.8 Å². The van der Waals surface area contributed by atoms with Crippen molar-refractivity contribution in [3.8, 4) is 0 Å². The lowest BCUT2D eigenvalue weighted by molar-refractivity contribution is 0.0441. The largest absolute Gasteiger partial charge is 0.444 e. The average Bonchev–Trinajstić information content (AvgIpc) is 2.45. The maximum atomic E-state index is 12.1. The third-order valence-corrected chi connectivity index (χ3v) is 4.36. The lowest BCUT2D eigenvalue weighted by Crippen LogP contribution is -2.55. The van der Waals surface area contributed by atoms with Gasteiger partial charge < -0.3 is 20.1 Å². The molecule has 0 aromatic rings. The van der Waals surface area contributed by atoms with Gasteiger partial charge in [-0.2, -0.15) is 0 Å². The molecule has 1 rings (SSSR count). The number of rotatable bonds is 7. The third-order valence-electron chi connectivity index (χ3n) is 4.36. The van der Waals surface area contributed by atoms with Crippen molar-refractivity contribution in [2.75, 3.05) is 26.3 Å². The molecule has 1 aliphatic heterocycles. The Labute approximate surface area is 135 Å². The first-order valence-electron chi connectivity index (χ1n) is 8.60. The van der Waals surface area contributed by atoms with Crippen LogP contribution in [-0.2, 0) is 9.47 Å². The minimum atomic E-state index is -0.465. The van der Waals surface area contributed by atoms with Crippen molar-refractivity contribution in [2.24, 2.45) is 5.92 Å². The molecule has 1 saturated heterocycles. The summed E-state index contributed by atoms with van der Waals surface area (Å²) in [5.74, 6) is 0.682. The van der Waals surface area contributed by atoms with E-state index in [1.165, 1.54) is 0 Å². The quantitative estimate of drug-likeness (QED) is 0.758. The van der Waals surface area contributed by atoms with E-state index >= 15 is 0 Å². The van der Waals surface area contributed by atoms with Gasteiger partial charge in [-0.25, -0.2) is 4.79 Å². The number of ether oxygens (including phenoxy) is 2. The number of nitrogens with one attached hydrogen (secondary N) is 2. The molecule has 0 saturated carbocycles. The molecule has 0 aromatic carbocycles. The molecule has 1 aliphatic rings. The zero-order valence-electron chi connectivity index (χ0n) is 15.0. The molecule has 0 atom stereocenters. The van der Waals surface area contributed by atoms with Crippen LogP contribution in [0.25, 0.3) is 0 Å². The second-order valence-corrected chi connectivity index (χ2v) is 7.30. The Hall–Kier alpha value is -0.810. The van der Waals surface area contributed by atoms with Crippen LogP contribution in [0.2, 0.25) is 0 Å². The first kappa shape index (κ1) is 19.2. The van der Waals surface area contributed by atoms with Crippen molar-refractivity contribution in [1.82, 2.24) is 10.6 Å². The molecule has 130 valence electrons. The van der Waals surface area contributed by atoms with Crippen molar-refractivity contribution in [3.63, 3.8) is 0 Å². The molecule has 0 unspecified atom stereocenters. The SMILES string of the molecule is CCC(CC)(CNCC1CCOCC1)NC(=O)OC(C)(C)C. The molecule has 22 heavy (non-hydrogen) atoms. The van der Waals surface area contributed by atoms with E-state index in [0.717, 1.165) is 52.0 Å². The topological polar surface area (TPSA) is 59.6 Å². The summed E-state index contributed by atoms with van der Waals surface area (Å²) in [6, 6.07) is 0. The Morgan fingerprint density at radius 3 is 2.27 bits per heavy atom. The molecule has 0 aromatic heterocycles. The van der Waals surface area contributed by atoms with E-state index < -0.39 is 5.60 Å². The normalized spacial score (nSPS) is 17.3. The van der Waals surface area contributed by atoms with E-state index in [4.69, 9.17) is 9.47 Å². The Bertz CT molecular complexity index is 329. The van der Waals surface area contributed by atoms with Gasteiger partial charge in [-0.05, 0) is 58.9 Å². The molecule has 2 N–H and O–H groups in total. The van der Waals surface area contributed by atoms with Gasteiger partial charge in [-0.3, -0.25) is 0 Å². The molecule has 0 spiro atoms. The van der Waals surface area contributed by atoms with Crippen molar-refractivity contribution >= 4 is 6.09 Å². The lowest BCUT2D eigenvalue weighted by atomic mass is 9.92. The Morgan fingerprint density at radius 2 is 1.77 bits per heavy atom. The summed E-state index contributed by atoms with van der Waals surface area (Å²) in [4.78, 5) is 12.1. The smallest absolute Gasteiger partial charge is 0.408 e. The first-order valence-corrected chi connectivity index (χ1v) is 8.60. The maximum absolute atomic E-state index is 12.1. The molecule has 5 heteroatoms.